The van der Waals surface area contributed by atoms with Crippen molar-refractivity contribution in [3.63, 3.8) is 0 Å². The van der Waals surface area contributed by atoms with E-state index in [4.69, 9.17) is 18.9 Å². The van der Waals surface area contributed by atoms with E-state index in [9.17, 15) is 45.6 Å². The number of aliphatic hydroxyl groups excluding tert-OH is 8. The van der Waals surface area contributed by atoms with Gasteiger partial charge in [0.15, 0.2) is 12.6 Å². The second-order valence-corrected chi connectivity index (χ2v) is 31.0. The van der Waals surface area contributed by atoms with Crippen molar-refractivity contribution in [3.05, 3.63) is 72.9 Å². The van der Waals surface area contributed by atoms with Crippen LogP contribution in [0.4, 0.5) is 0 Å². The fraction of sp³-hybridized carbons (Fsp3) is 0.856. The molecule has 2 fully saturated rings. The van der Waals surface area contributed by atoms with Crippen LogP contribution in [0, 0.1) is 0 Å². The highest BCUT2D eigenvalue weighted by Crippen LogP contribution is 2.31. The maximum atomic E-state index is 13.4. The number of ether oxygens (including phenoxy) is 4. The Kier molecular flexibility index (Phi) is 68.7. The second-order valence-electron chi connectivity index (χ2n) is 31.0. The van der Waals surface area contributed by atoms with Crippen molar-refractivity contribution < 1.29 is 64.6 Å². The molecule has 608 valence electrons. The fourth-order valence-electron chi connectivity index (χ4n) is 14.5. The number of unbranched alkanes of at least 4 members (excludes halogenated alkanes) is 52. The number of rotatable bonds is 75. The Labute approximate surface area is 638 Å². The number of allylic oxidation sites excluding steroid dienone is 11. The zero-order valence-electron chi connectivity index (χ0n) is 67.0. The minimum atomic E-state index is -1.79. The zero-order valence-corrected chi connectivity index (χ0v) is 67.0. The molecular weight excluding hydrogens is 1300 g/mol. The van der Waals surface area contributed by atoms with Gasteiger partial charge >= 0.3 is 0 Å². The molecule has 12 atom stereocenters. The minimum absolute atomic E-state index is 0.231. The molecule has 14 heteroatoms. The molecule has 2 heterocycles. The summed E-state index contributed by atoms with van der Waals surface area (Å²) >= 11 is 0. The summed E-state index contributed by atoms with van der Waals surface area (Å²) in [7, 11) is 0. The lowest BCUT2D eigenvalue weighted by molar-refractivity contribution is -0.359. The van der Waals surface area contributed by atoms with Crippen LogP contribution in [0.15, 0.2) is 72.9 Å². The largest absolute Gasteiger partial charge is 0.394 e. The third kappa shape index (κ3) is 54.9. The molecular formula is C90H165NO13. The maximum Gasteiger partial charge on any atom is 0.220 e. The molecule has 104 heavy (non-hydrogen) atoms. The molecule has 0 aromatic rings. The van der Waals surface area contributed by atoms with E-state index in [0.29, 0.717) is 6.42 Å². The standard InChI is InChI=1S/C90H165NO13/c1-3-5-7-9-11-13-15-17-19-21-23-25-27-29-31-33-34-35-36-37-38-39-40-41-42-43-44-46-48-50-52-54-56-58-60-62-64-66-68-70-72-74-82(95)91-78(77-101-89-87(100)85(98)88(81(76-93)103-89)104-90-86(99)84(97)83(96)80(75-92)102-90)79(94)73-71-69-67-65-63-61-59-57-55-53-51-49-47-45-32-30-28-26-24-22-20-18-16-14-12-10-8-6-4-2/h5,7,11,13,17,19,23,25,29,31,71,73,78-81,83-90,92-94,96-100H,3-4,6,8-10,12,14-16,18,20-22,24,26-28,30,32-70,72,74-77H2,1-2H3,(H,91,95)/b7-5-,13-11-,19-17-,25-23-,31-29-,73-71+. The molecule has 12 unspecified atom stereocenters. The van der Waals surface area contributed by atoms with Crippen LogP contribution in [-0.2, 0) is 23.7 Å². The third-order valence-electron chi connectivity index (χ3n) is 21.4. The highest BCUT2D eigenvalue weighted by atomic mass is 16.7. The molecule has 2 aliphatic heterocycles. The van der Waals surface area contributed by atoms with Crippen molar-refractivity contribution in [1.29, 1.82) is 0 Å². The fourth-order valence-corrected chi connectivity index (χ4v) is 14.5. The summed E-state index contributed by atoms with van der Waals surface area (Å²) in [6.45, 7) is 2.75. The van der Waals surface area contributed by atoms with Crippen LogP contribution in [-0.4, -0.2) is 140 Å². The van der Waals surface area contributed by atoms with Crippen molar-refractivity contribution in [2.24, 2.45) is 0 Å². The maximum absolute atomic E-state index is 13.4. The van der Waals surface area contributed by atoms with Gasteiger partial charge in [0.25, 0.3) is 0 Å². The Balaban J connectivity index is 1.56. The number of carbonyl (C=O) groups is 1. The Morgan fingerprint density at radius 1 is 0.356 bits per heavy atom. The van der Waals surface area contributed by atoms with Crippen LogP contribution in [0.1, 0.15) is 399 Å². The number of nitrogens with one attached hydrogen (secondary N) is 1. The smallest absolute Gasteiger partial charge is 0.220 e. The van der Waals surface area contributed by atoms with Crippen molar-refractivity contribution in [2.75, 3.05) is 19.8 Å². The van der Waals surface area contributed by atoms with Gasteiger partial charge < -0.3 is 65.1 Å². The van der Waals surface area contributed by atoms with E-state index < -0.39 is 86.8 Å². The zero-order chi connectivity index (χ0) is 75.1. The van der Waals surface area contributed by atoms with Crippen molar-refractivity contribution in [2.45, 2.75) is 473 Å². The van der Waals surface area contributed by atoms with Gasteiger partial charge in [0.05, 0.1) is 32.0 Å². The Morgan fingerprint density at radius 2 is 0.663 bits per heavy atom. The van der Waals surface area contributed by atoms with E-state index >= 15 is 0 Å². The Hall–Kier alpha value is -2.57. The predicted octanol–water partition coefficient (Wildman–Crippen LogP) is 21.3. The molecule has 9 N–H and O–H groups in total. The SMILES string of the molecule is CC/C=C\C/C=C\C/C=C\C/C=C\C/C=C\CCCCCCCCCCCCCCCCCCCCCCCCCCCC(=O)NC(COC1OC(CO)C(OC2OC(CO)C(O)C(O)C2O)C(O)C1O)C(O)/C=C/CCCCCCCCCCCCCCCCCCCCCCCCCCCCC. The summed E-state index contributed by atoms with van der Waals surface area (Å²) in [6, 6.07) is -0.917. The van der Waals surface area contributed by atoms with Gasteiger partial charge in [-0.1, -0.05) is 401 Å². The first-order chi connectivity index (χ1) is 51.1. The molecule has 2 saturated heterocycles. The molecule has 0 aliphatic carbocycles. The molecule has 0 aromatic carbocycles. The van der Waals surface area contributed by atoms with Crippen LogP contribution in [0.3, 0.4) is 0 Å². The lowest BCUT2D eigenvalue weighted by atomic mass is 9.97. The number of hydrogen-bond acceptors (Lipinski definition) is 13. The molecule has 0 saturated carbocycles. The molecule has 14 nitrogen and oxygen atoms in total. The first kappa shape index (κ1) is 97.5. The Bertz CT molecular complexity index is 2030. The monoisotopic (exact) mass is 1470 g/mol. The van der Waals surface area contributed by atoms with Gasteiger partial charge in [0, 0.05) is 6.42 Å². The highest BCUT2D eigenvalue weighted by Gasteiger charge is 2.51. The van der Waals surface area contributed by atoms with E-state index in [1.807, 2.05) is 6.08 Å². The topological polar surface area (TPSA) is 228 Å². The van der Waals surface area contributed by atoms with Gasteiger partial charge in [0.2, 0.25) is 5.91 Å². The van der Waals surface area contributed by atoms with E-state index in [2.05, 4.69) is 79.9 Å². The summed E-state index contributed by atoms with van der Waals surface area (Å²) in [5.41, 5.74) is 0. The molecule has 0 aromatic heterocycles. The van der Waals surface area contributed by atoms with Crippen LogP contribution < -0.4 is 5.32 Å². The number of hydrogen-bond donors (Lipinski definition) is 9. The minimum Gasteiger partial charge on any atom is -0.394 e. The molecule has 1 amide bonds. The number of amides is 1. The number of aliphatic hydroxyl groups is 8. The lowest BCUT2D eigenvalue weighted by Crippen LogP contribution is -2.65. The molecule has 0 bridgehead atoms. The van der Waals surface area contributed by atoms with Crippen LogP contribution in [0.2, 0.25) is 0 Å². The molecule has 2 aliphatic rings. The lowest BCUT2D eigenvalue weighted by Gasteiger charge is -2.46. The Morgan fingerprint density at radius 3 is 1.02 bits per heavy atom. The summed E-state index contributed by atoms with van der Waals surface area (Å²) in [5, 5.41) is 87.8. The van der Waals surface area contributed by atoms with Gasteiger partial charge in [0.1, 0.15) is 48.8 Å². The average molecular weight is 1470 g/mol. The normalized spacial score (nSPS) is 21.8. The van der Waals surface area contributed by atoms with Gasteiger partial charge in [-0.05, 0) is 64.2 Å². The quantitative estimate of drug-likeness (QED) is 0.0204. The summed E-state index contributed by atoms with van der Waals surface area (Å²) in [6.07, 6.45) is 85.8. The van der Waals surface area contributed by atoms with Crippen molar-refractivity contribution in [1.82, 2.24) is 5.32 Å². The third-order valence-corrected chi connectivity index (χ3v) is 21.4. The van der Waals surface area contributed by atoms with E-state index in [1.165, 1.54) is 302 Å². The summed E-state index contributed by atoms with van der Waals surface area (Å²) < 4.78 is 23.0. The first-order valence-corrected chi connectivity index (χ1v) is 44.2. The van der Waals surface area contributed by atoms with Gasteiger partial charge in [-0.25, -0.2) is 0 Å². The first-order valence-electron chi connectivity index (χ1n) is 44.2. The van der Waals surface area contributed by atoms with Crippen LogP contribution >= 0.6 is 0 Å². The van der Waals surface area contributed by atoms with Gasteiger partial charge in [-0.3, -0.25) is 4.79 Å². The summed E-state index contributed by atoms with van der Waals surface area (Å²) in [5.74, 6) is -0.231. The van der Waals surface area contributed by atoms with E-state index in [-0.39, 0.29) is 18.9 Å². The molecule has 0 radical (unpaired) electrons. The predicted molar refractivity (Wildman–Crippen MR) is 433 cm³/mol. The second kappa shape index (κ2) is 73.2. The van der Waals surface area contributed by atoms with Crippen molar-refractivity contribution in [3.8, 4) is 0 Å². The number of carbonyl (C=O) groups excluding carboxylic acids is 1. The van der Waals surface area contributed by atoms with Crippen LogP contribution in [0.5, 0.6) is 0 Å². The highest BCUT2D eigenvalue weighted by molar-refractivity contribution is 5.76. The summed E-state index contributed by atoms with van der Waals surface area (Å²) in [4.78, 5) is 13.4. The van der Waals surface area contributed by atoms with E-state index in [0.717, 1.165) is 70.6 Å². The van der Waals surface area contributed by atoms with Gasteiger partial charge in [-0.2, -0.15) is 0 Å². The van der Waals surface area contributed by atoms with Crippen molar-refractivity contribution >= 4 is 5.91 Å². The average Bonchev–Trinajstić information content (AvgIpc) is 0.789. The van der Waals surface area contributed by atoms with E-state index in [1.54, 1.807) is 6.08 Å². The van der Waals surface area contributed by atoms with Crippen LogP contribution in [0.25, 0.3) is 0 Å². The molecule has 2 rings (SSSR count). The van der Waals surface area contributed by atoms with Gasteiger partial charge in [-0.15, -0.1) is 0 Å². The molecule has 0 spiro atoms.